The Balaban J connectivity index is 2.14. The number of rotatable bonds is 3. The molecule has 1 amide bonds. The van der Waals surface area contributed by atoms with Crippen LogP contribution in [-0.4, -0.2) is 23.5 Å². The van der Waals surface area contributed by atoms with E-state index >= 15 is 0 Å². The Morgan fingerprint density at radius 3 is 2.75 bits per heavy atom. The van der Waals surface area contributed by atoms with Crippen LogP contribution in [0.3, 0.4) is 0 Å². The van der Waals surface area contributed by atoms with Crippen LogP contribution < -0.4 is 5.32 Å². The third kappa shape index (κ3) is 1.95. The molecule has 0 bridgehead atoms. The number of amides is 1. The molecule has 1 aliphatic rings. The summed E-state index contributed by atoms with van der Waals surface area (Å²) < 4.78 is 0. The van der Waals surface area contributed by atoms with Crippen LogP contribution >= 0.6 is 0 Å². The van der Waals surface area contributed by atoms with Crippen molar-refractivity contribution in [2.24, 2.45) is 0 Å². The molecule has 0 spiro atoms. The smallest absolute Gasteiger partial charge is 0.245 e. The molecule has 0 aliphatic carbocycles. The number of nitrogens with one attached hydrogen (secondary N) is 1. The Hall–Kier alpha value is -1.35. The summed E-state index contributed by atoms with van der Waals surface area (Å²) >= 11 is 0. The van der Waals surface area contributed by atoms with Gasteiger partial charge in [-0.3, -0.25) is 10.1 Å². The number of carbonyl (C=O) groups is 1. The minimum absolute atomic E-state index is 0.157. The topological polar surface area (TPSA) is 32.3 Å². The molecule has 0 aromatic heterocycles. The number of benzene rings is 1. The highest BCUT2D eigenvalue weighted by molar-refractivity contribution is 5.85. The molecular weight excluding hydrogens is 200 g/mol. The summed E-state index contributed by atoms with van der Waals surface area (Å²) in [5.41, 5.74) is 1.05. The van der Waals surface area contributed by atoms with Crippen LogP contribution in [0.15, 0.2) is 30.3 Å². The fourth-order valence-electron chi connectivity index (χ4n) is 2.02. The molecular formula is C13H18N2O. The second-order valence-corrected chi connectivity index (χ2v) is 4.27. The highest BCUT2D eigenvalue weighted by atomic mass is 16.2. The van der Waals surface area contributed by atoms with Crippen molar-refractivity contribution in [3.8, 4) is 0 Å². The van der Waals surface area contributed by atoms with Gasteiger partial charge in [-0.25, -0.2) is 0 Å². The number of carbonyl (C=O) groups excluding carboxylic acids is 1. The van der Waals surface area contributed by atoms with Gasteiger partial charge in [-0.15, -0.1) is 0 Å². The van der Waals surface area contributed by atoms with Gasteiger partial charge in [0.1, 0.15) is 6.04 Å². The quantitative estimate of drug-likeness (QED) is 0.840. The van der Waals surface area contributed by atoms with Crippen molar-refractivity contribution in [1.82, 2.24) is 10.2 Å². The van der Waals surface area contributed by atoms with E-state index in [1.807, 2.05) is 35.2 Å². The van der Waals surface area contributed by atoms with Crippen LogP contribution in [0.1, 0.15) is 31.9 Å². The predicted octanol–water partition coefficient (Wildman–Crippen LogP) is 1.92. The molecule has 2 rings (SSSR count). The average molecular weight is 218 g/mol. The zero-order valence-electron chi connectivity index (χ0n) is 9.81. The van der Waals surface area contributed by atoms with E-state index in [-0.39, 0.29) is 11.9 Å². The van der Waals surface area contributed by atoms with Gasteiger partial charge in [0.2, 0.25) is 5.91 Å². The molecule has 1 heterocycles. The van der Waals surface area contributed by atoms with E-state index in [0.717, 1.165) is 12.0 Å². The lowest BCUT2D eigenvalue weighted by molar-refractivity contribution is -0.130. The van der Waals surface area contributed by atoms with E-state index in [0.29, 0.717) is 12.7 Å². The van der Waals surface area contributed by atoms with Crippen molar-refractivity contribution in [2.45, 2.75) is 32.4 Å². The standard InChI is InChI=1S/C13H18N2O/c1-3-10(2)15-9-14-12(13(15)16)11-7-5-4-6-8-11/h4-8,10,12,14H,3,9H2,1-2H3. The molecule has 3 nitrogen and oxygen atoms in total. The molecule has 3 heteroatoms. The summed E-state index contributed by atoms with van der Waals surface area (Å²) in [5.74, 6) is 0.195. The predicted molar refractivity (Wildman–Crippen MR) is 63.8 cm³/mol. The van der Waals surface area contributed by atoms with Crippen molar-refractivity contribution in [3.63, 3.8) is 0 Å². The Kier molecular flexibility index (Phi) is 3.25. The first-order valence-corrected chi connectivity index (χ1v) is 5.83. The zero-order valence-corrected chi connectivity index (χ0v) is 9.81. The van der Waals surface area contributed by atoms with Crippen molar-refractivity contribution < 1.29 is 4.79 Å². The van der Waals surface area contributed by atoms with Crippen molar-refractivity contribution in [3.05, 3.63) is 35.9 Å². The molecule has 1 aliphatic heterocycles. The molecule has 1 saturated heterocycles. The maximum absolute atomic E-state index is 12.2. The minimum Gasteiger partial charge on any atom is -0.326 e. The minimum atomic E-state index is -0.157. The fraction of sp³-hybridized carbons (Fsp3) is 0.462. The normalized spacial score (nSPS) is 22.5. The maximum Gasteiger partial charge on any atom is 0.245 e. The van der Waals surface area contributed by atoms with Gasteiger partial charge in [0.25, 0.3) is 0 Å². The van der Waals surface area contributed by atoms with Gasteiger partial charge in [0.05, 0.1) is 6.67 Å². The Bertz CT molecular complexity index is 363. The van der Waals surface area contributed by atoms with Gasteiger partial charge in [0, 0.05) is 6.04 Å². The number of hydrogen-bond donors (Lipinski definition) is 1. The van der Waals surface area contributed by atoms with Crippen LogP contribution in [0, 0.1) is 0 Å². The van der Waals surface area contributed by atoms with Gasteiger partial charge in [0.15, 0.2) is 0 Å². The fourth-order valence-corrected chi connectivity index (χ4v) is 2.02. The molecule has 0 radical (unpaired) electrons. The first-order valence-electron chi connectivity index (χ1n) is 5.83. The van der Waals surface area contributed by atoms with E-state index < -0.39 is 0 Å². The largest absolute Gasteiger partial charge is 0.326 e. The monoisotopic (exact) mass is 218 g/mol. The lowest BCUT2D eigenvalue weighted by Gasteiger charge is -2.22. The SMILES string of the molecule is CCC(C)N1CNC(c2ccccc2)C1=O. The van der Waals surface area contributed by atoms with Crippen LogP contribution in [-0.2, 0) is 4.79 Å². The molecule has 2 unspecified atom stereocenters. The van der Waals surface area contributed by atoms with E-state index in [1.54, 1.807) is 0 Å². The van der Waals surface area contributed by atoms with Gasteiger partial charge in [-0.05, 0) is 18.9 Å². The Morgan fingerprint density at radius 1 is 1.44 bits per heavy atom. The van der Waals surface area contributed by atoms with E-state index in [4.69, 9.17) is 0 Å². The summed E-state index contributed by atoms with van der Waals surface area (Å²) in [4.78, 5) is 14.1. The third-order valence-electron chi connectivity index (χ3n) is 3.25. The lowest BCUT2D eigenvalue weighted by atomic mass is 10.1. The van der Waals surface area contributed by atoms with E-state index in [9.17, 15) is 4.79 Å². The maximum atomic E-state index is 12.2. The first kappa shape index (κ1) is 11.1. The second-order valence-electron chi connectivity index (χ2n) is 4.27. The molecule has 1 fully saturated rings. The zero-order chi connectivity index (χ0) is 11.5. The molecule has 1 N–H and O–H groups in total. The highest BCUT2D eigenvalue weighted by Crippen LogP contribution is 2.22. The van der Waals surface area contributed by atoms with Crippen LogP contribution in [0.4, 0.5) is 0 Å². The Labute approximate surface area is 96.5 Å². The van der Waals surface area contributed by atoms with Gasteiger partial charge in [-0.2, -0.15) is 0 Å². The molecule has 86 valence electrons. The van der Waals surface area contributed by atoms with Crippen LogP contribution in [0.2, 0.25) is 0 Å². The average Bonchev–Trinajstić information content (AvgIpc) is 2.71. The van der Waals surface area contributed by atoms with E-state index in [2.05, 4.69) is 19.2 Å². The summed E-state index contributed by atoms with van der Waals surface area (Å²) in [6.45, 7) is 4.86. The van der Waals surface area contributed by atoms with Gasteiger partial charge >= 0.3 is 0 Å². The van der Waals surface area contributed by atoms with Gasteiger partial charge in [-0.1, -0.05) is 37.3 Å². The molecule has 16 heavy (non-hydrogen) atoms. The van der Waals surface area contributed by atoms with Crippen LogP contribution in [0.25, 0.3) is 0 Å². The summed E-state index contributed by atoms with van der Waals surface area (Å²) in [6, 6.07) is 10.1. The molecule has 1 aromatic carbocycles. The summed E-state index contributed by atoms with van der Waals surface area (Å²) in [5, 5.41) is 3.26. The van der Waals surface area contributed by atoms with Gasteiger partial charge < -0.3 is 4.90 Å². The molecule has 1 aromatic rings. The van der Waals surface area contributed by atoms with E-state index in [1.165, 1.54) is 0 Å². The second kappa shape index (κ2) is 4.66. The molecule has 2 atom stereocenters. The van der Waals surface area contributed by atoms with Crippen molar-refractivity contribution in [1.29, 1.82) is 0 Å². The third-order valence-corrected chi connectivity index (χ3v) is 3.25. The van der Waals surface area contributed by atoms with Crippen molar-refractivity contribution in [2.75, 3.05) is 6.67 Å². The van der Waals surface area contributed by atoms with Crippen LogP contribution in [0.5, 0.6) is 0 Å². The number of hydrogen-bond acceptors (Lipinski definition) is 2. The highest BCUT2D eigenvalue weighted by Gasteiger charge is 2.33. The number of nitrogens with zero attached hydrogens (tertiary/aromatic N) is 1. The summed E-state index contributed by atoms with van der Waals surface area (Å²) in [7, 11) is 0. The molecule has 0 saturated carbocycles. The Morgan fingerprint density at radius 2 is 2.12 bits per heavy atom. The first-order chi connectivity index (χ1) is 7.74. The summed E-state index contributed by atoms with van der Waals surface area (Å²) in [6.07, 6.45) is 0.995. The van der Waals surface area contributed by atoms with Crippen molar-refractivity contribution >= 4 is 5.91 Å². The lowest BCUT2D eigenvalue weighted by Crippen LogP contribution is -2.35.